The number of rotatable bonds is 5. The molecule has 0 radical (unpaired) electrons. The number of H-pyrrole nitrogens is 1. The number of hydrogen-bond donors (Lipinski definition) is 3. The first kappa shape index (κ1) is 20.4. The average Bonchev–Trinajstić information content (AvgIpc) is 3.12. The molecule has 0 spiro atoms. The SMILES string of the molecule is CSc1nc(-c2c[nH]c3c(P)cc(F)cc23)nc(N[C@H]2C=C3CC(C3)[C@@H]2C(=O)O)c1F. The Balaban J connectivity index is 1.60. The summed E-state index contributed by atoms with van der Waals surface area (Å²) in [6, 6.07) is 2.23. The van der Waals surface area contributed by atoms with E-state index in [1.807, 2.05) is 6.08 Å². The number of aromatic nitrogens is 3. The van der Waals surface area contributed by atoms with Crippen molar-refractivity contribution in [1.82, 2.24) is 15.0 Å². The van der Waals surface area contributed by atoms with Crippen molar-refractivity contribution in [3.05, 3.63) is 41.6 Å². The van der Waals surface area contributed by atoms with Gasteiger partial charge in [-0.3, -0.25) is 4.79 Å². The molecule has 0 amide bonds. The van der Waals surface area contributed by atoms with E-state index in [1.54, 1.807) is 12.5 Å². The van der Waals surface area contributed by atoms with Crippen LogP contribution in [0.3, 0.4) is 0 Å². The Hall–Kier alpha value is -2.51. The van der Waals surface area contributed by atoms with E-state index in [0.29, 0.717) is 16.3 Å². The normalized spacial score (nSPS) is 22.2. The Morgan fingerprint density at radius 1 is 1.32 bits per heavy atom. The average molecular weight is 460 g/mol. The number of allylic oxidation sites excluding steroid dienone is 1. The Morgan fingerprint density at radius 2 is 2.10 bits per heavy atom. The molecule has 6 nitrogen and oxygen atoms in total. The second kappa shape index (κ2) is 7.57. The van der Waals surface area contributed by atoms with Gasteiger partial charge in [0, 0.05) is 17.1 Å². The van der Waals surface area contributed by atoms with Crippen LogP contribution in [0.25, 0.3) is 22.3 Å². The number of carboxylic acids is 1. The van der Waals surface area contributed by atoms with Crippen LogP contribution in [0.1, 0.15) is 12.8 Å². The van der Waals surface area contributed by atoms with Gasteiger partial charge in [0.15, 0.2) is 17.5 Å². The lowest BCUT2D eigenvalue weighted by atomic mass is 9.64. The quantitative estimate of drug-likeness (QED) is 0.231. The summed E-state index contributed by atoms with van der Waals surface area (Å²) in [7, 11) is 2.48. The van der Waals surface area contributed by atoms with E-state index < -0.39 is 29.6 Å². The Kier molecular flexibility index (Phi) is 4.98. The van der Waals surface area contributed by atoms with Crippen molar-refractivity contribution in [3.8, 4) is 11.4 Å². The third-order valence-electron chi connectivity index (χ3n) is 5.99. The Bertz CT molecular complexity index is 1250. The van der Waals surface area contributed by atoms with Gasteiger partial charge in [-0.05, 0) is 42.5 Å². The van der Waals surface area contributed by atoms with Gasteiger partial charge >= 0.3 is 5.97 Å². The molecule has 3 aliphatic rings. The highest BCUT2D eigenvalue weighted by Crippen LogP contribution is 2.46. The summed E-state index contributed by atoms with van der Waals surface area (Å²) in [5, 5.41) is 14.1. The molecular weight excluding hydrogens is 441 g/mol. The zero-order valence-electron chi connectivity index (χ0n) is 16.4. The molecule has 10 heteroatoms. The molecule has 3 N–H and O–H groups in total. The van der Waals surface area contributed by atoms with Crippen molar-refractivity contribution in [1.29, 1.82) is 0 Å². The van der Waals surface area contributed by atoms with E-state index in [-0.39, 0.29) is 22.6 Å². The molecule has 31 heavy (non-hydrogen) atoms. The number of halogens is 2. The molecule has 1 fully saturated rings. The van der Waals surface area contributed by atoms with Crippen LogP contribution in [-0.2, 0) is 4.79 Å². The van der Waals surface area contributed by atoms with Gasteiger partial charge in [-0.15, -0.1) is 21.0 Å². The van der Waals surface area contributed by atoms with Gasteiger partial charge < -0.3 is 15.4 Å². The molecule has 0 aliphatic heterocycles. The lowest BCUT2D eigenvalue weighted by molar-refractivity contribution is -0.144. The van der Waals surface area contributed by atoms with E-state index in [9.17, 15) is 14.3 Å². The number of nitrogens with zero attached hydrogens (tertiary/aromatic N) is 2. The number of carbonyl (C=O) groups is 1. The molecule has 2 bridgehead atoms. The number of carboxylic acid groups (broad SMARTS) is 1. The zero-order valence-corrected chi connectivity index (χ0v) is 18.4. The highest BCUT2D eigenvalue weighted by atomic mass is 32.2. The van der Waals surface area contributed by atoms with Crippen LogP contribution < -0.4 is 10.6 Å². The fraction of sp³-hybridized carbons (Fsp3) is 0.286. The number of hydrogen-bond acceptors (Lipinski definition) is 5. The van der Waals surface area contributed by atoms with E-state index in [1.165, 1.54) is 17.7 Å². The molecule has 1 saturated carbocycles. The number of fused-ring (bicyclic) bond motifs is 3. The molecule has 2 heterocycles. The van der Waals surface area contributed by atoms with Gasteiger partial charge in [0.2, 0.25) is 0 Å². The first-order chi connectivity index (χ1) is 14.9. The first-order valence-electron chi connectivity index (χ1n) is 9.72. The van der Waals surface area contributed by atoms with Crippen LogP contribution in [0.2, 0.25) is 0 Å². The van der Waals surface area contributed by atoms with Gasteiger partial charge in [0.1, 0.15) is 10.8 Å². The van der Waals surface area contributed by atoms with Gasteiger partial charge in [0.25, 0.3) is 0 Å². The number of nitrogens with one attached hydrogen (secondary N) is 2. The molecule has 0 saturated heterocycles. The highest BCUT2D eigenvalue weighted by Gasteiger charge is 2.44. The first-order valence-corrected chi connectivity index (χ1v) is 11.5. The summed E-state index contributed by atoms with van der Waals surface area (Å²) in [4.78, 5) is 23.6. The number of thioether (sulfide) groups is 1. The molecule has 3 aromatic rings. The second-order valence-electron chi connectivity index (χ2n) is 7.87. The number of benzene rings is 1. The maximum absolute atomic E-state index is 15.1. The lowest BCUT2D eigenvalue weighted by Gasteiger charge is -2.43. The minimum Gasteiger partial charge on any atom is -0.481 e. The fourth-order valence-electron chi connectivity index (χ4n) is 4.49. The van der Waals surface area contributed by atoms with Crippen LogP contribution in [-0.4, -0.2) is 38.3 Å². The summed E-state index contributed by atoms with van der Waals surface area (Å²) in [6.07, 6.45) is 6.80. The fourth-order valence-corrected chi connectivity index (χ4v) is 5.34. The molecule has 6 rings (SSSR count). The van der Waals surface area contributed by atoms with Crippen molar-refractivity contribution >= 4 is 49.0 Å². The van der Waals surface area contributed by atoms with E-state index in [4.69, 9.17) is 0 Å². The minimum atomic E-state index is -0.905. The maximum atomic E-state index is 15.1. The topological polar surface area (TPSA) is 90.9 Å². The zero-order chi connectivity index (χ0) is 21.9. The highest BCUT2D eigenvalue weighted by molar-refractivity contribution is 7.98. The molecular formula is C21H19F2N4O2PS. The predicted molar refractivity (Wildman–Crippen MR) is 120 cm³/mol. The largest absolute Gasteiger partial charge is 0.481 e. The molecule has 1 unspecified atom stereocenters. The van der Waals surface area contributed by atoms with Gasteiger partial charge in [-0.2, -0.15) is 4.39 Å². The van der Waals surface area contributed by atoms with E-state index in [2.05, 4.69) is 29.5 Å². The lowest BCUT2D eigenvalue weighted by Crippen LogP contribution is -2.46. The maximum Gasteiger partial charge on any atom is 0.309 e. The van der Waals surface area contributed by atoms with Gasteiger partial charge in [-0.1, -0.05) is 11.6 Å². The summed E-state index contributed by atoms with van der Waals surface area (Å²) in [5.41, 5.74) is 2.44. The van der Waals surface area contributed by atoms with Crippen LogP contribution in [0.4, 0.5) is 14.6 Å². The van der Waals surface area contributed by atoms with Gasteiger partial charge in [-0.25, -0.2) is 14.4 Å². The number of anilines is 1. The third kappa shape index (κ3) is 3.40. The van der Waals surface area contributed by atoms with E-state index >= 15 is 4.39 Å². The Labute approximate surface area is 183 Å². The third-order valence-corrected chi connectivity index (χ3v) is 7.10. The van der Waals surface area contributed by atoms with Crippen molar-refractivity contribution < 1.29 is 18.7 Å². The molecule has 2 aromatic heterocycles. The predicted octanol–water partition coefficient (Wildman–Crippen LogP) is 3.96. The van der Waals surface area contributed by atoms with Crippen molar-refractivity contribution in [3.63, 3.8) is 0 Å². The van der Waals surface area contributed by atoms with Crippen molar-refractivity contribution in [2.75, 3.05) is 11.6 Å². The Morgan fingerprint density at radius 3 is 2.81 bits per heavy atom. The standard InChI is InChI=1S/C21H19F2N4O2PS/c1-31-20-16(23)19(25-13-4-8-2-9(3-8)15(13)21(28)29)26-18(27-20)12-7-24-17-11(12)5-10(22)6-14(17)30/h4-7,9,13,15,24H,2-3,30H2,1H3,(H,28,29)(H,25,26,27)/t13-,15-/m0/s1. The summed E-state index contributed by atoms with van der Waals surface area (Å²) in [5.74, 6) is -2.35. The molecule has 160 valence electrons. The van der Waals surface area contributed by atoms with Gasteiger partial charge in [0.05, 0.1) is 17.5 Å². The summed E-state index contributed by atoms with van der Waals surface area (Å²) in [6.45, 7) is 0. The second-order valence-corrected chi connectivity index (χ2v) is 9.28. The molecule has 3 aliphatic carbocycles. The van der Waals surface area contributed by atoms with Crippen molar-refractivity contribution in [2.45, 2.75) is 23.9 Å². The monoisotopic (exact) mass is 460 g/mol. The van der Waals surface area contributed by atoms with Crippen LogP contribution in [0, 0.1) is 23.5 Å². The smallest absolute Gasteiger partial charge is 0.309 e. The van der Waals surface area contributed by atoms with Crippen LogP contribution >= 0.6 is 21.0 Å². The summed E-state index contributed by atoms with van der Waals surface area (Å²) < 4.78 is 29.1. The van der Waals surface area contributed by atoms with Crippen LogP contribution in [0.5, 0.6) is 0 Å². The number of aromatic amines is 1. The minimum absolute atomic E-state index is 0.0523. The molecule has 1 aromatic carbocycles. The summed E-state index contributed by atoms with van der Waals surface area (Å²) >= 11 is 1.12. The van der Waals surface area contributed by atoms with Crippen LogP contribution in [0.15, 0.2) is 35.0 Å². The van der Waals surface area contributed by atoms with Crippen molar-refractivity contribution in [2.24, 2.45) is 11.8 Å². The molecule has 3 atom stereocenters. The van der Waals surface area contributed by atoms with E-state index in [0.717, 1.165) is 30.1 Å². The number of aliphatic carboxylic acids is 1.